The van der Waals surface area contributed by atoms with E-state index in [2.05, 4.69) is 33.9 Å². The number of unbranched alkanes of at least 4 members (excludes halogenated alkanes) is 13. The predicted molar refractivity (Wildman–Crippen MR) is 119 cm³/mol. The molecule has 158 valence electrons. The third-order valence-corrected chi connectivity index (χ3v) is 7.12. The van der Waals surface area contributed by atoms with E-state index in [4.69, 9.17) is 8.85 Å². The topological polar surface area (TPSA) is 18.5 Å². The van der Waals surface area contributed by atoms with Crippen molar-refractivity contribution in [2.75, 3.05) is 13.2 Å². The summed E-state index contributed by atoms with van der Waals surface area (Å²) in [5.74, 6) is 0.645. The van der Waals surface area contributed by atoms with Gasteiger partial charge in [0, 0.05) is 13.2 Å². The normalized spacial score (nSPS) is 13.3. The Kier molecular flexibility index (Phi) is 18.6. The van der Waals surface area contributed by atoms with E-state index in [1.807, 2.05) is 0 Å². The van der Waals surface area contributed by atoms with Crippen LogP contribution in [0, 0.1) is 5.92 Å². The molecule has 2 nitrogen and oxygen atoms in total. The van der Waals surface area contributed by atoms with Gasteiger partial charge < -0.3 is 8.85 Å². The first-order valence-corrected chi connectivity index (χ1v) is 14.6. The molecule has 0 saturated heterocycles. The zero-order valence-corrected chi connectivity index (χ0v) is 19.9. The van der Waals surface area contributed by atoms with Gasteiger partial charge in [-0.15, -0.1) is 0 Å². The van der Waals surface area contributed by atoms with Gasteiger partial charge >= 0.3 is 8.56 Å². The fourth-order valence-corrected chi connectivity index (χ4v) is 4.52. The van der Waals surface area contributed by atoms with Gasteiger partial charge in [0.25, 0.3) is 0 Å². The lowest BCUT2D eigenvalue weighted by Crippen LogP contribution is -2.36. The number of hydrogen-bond donors (Lipinski definition) is 0. The highest BCUT2D eigenvalue weighted by Crippen LogP contribution is 2.14. The zero-order chi connectivity index (χ0) is 19.5. The van der Waals surface area contributed by atoms with Gasteiger partial charge in [0.15, 0.2) is 0 Å². The molecule has 1 unspecified atom stereocenters. The van der Waals surface area contributed by atoms with E-state index in [1.165, 1.54) is 96.3 Å². The fraction of sp³-hybridized carbons (Fsp3) is 1.00. The van der Waals surface area contributed by atoms with Gasteiger partial charge in [-0.3, -0.25) is 0 Å². The molecule has 0 rings (SSSR count). The lowest BCUT2D eigenvalue weighted by molar-refractivity contribution is 0.154. The SMILES string of the molecule is CCCCCCCCCCCCCCCCO[Si](C)(C)OCC(C)CC. The Morgan fingerprint density at radius 2 is 1.04 bits per heavy atom. The molecule has 0 aromatic rings. The van der Waals surface area contributed by atoms with E-state index in [0.29, 0.717) is 5.92 Å². The minimum atomic E-state index is -1.89. The highest BCUT2D eigenvalue weighted by atomic mass is 28.4. The minimum absolute atomic E-state index is 0.645. The average Bonchev–Trinajstić information content (AvgIpc) is 2.63. The molecular weight excluding hydrogens is 336 g/mol. The van der Waals surface area contributed by atoms with Crippen LogP contribution in [0.25, 0.3) is 0 Å². The van der Waals surface area contributed by atoms with Gasteiger partial charge in [-0.05, 0) is 25.4 Å². The minimum Gasteiger partial charge on any atom is -0.395 e. The summed E-state index contributed by atoms with van der Waals surface area (Å²) in [5, 5.41) is 0. The molecule has 0 amide bonds. The molecule has 0 aliphatic rings. The lowest BCUT2D eigenvalue weighted by atomic mass is 10.0. The van der Waals surface area contributed by atoms with Crippen molar-refractivity contribution in [3.63, 3.8) is 0 Å². The monoisotopic (exact) mass is 386 g/mol. The van der Waals surface area contributed by atoms with Crippen LogP contribution in [-0.2, 0) is 8.85 Å². The van der Waals surface area contributed by atoms with Crippen LogP contribution in [0.1, 0.15) is 117 Å². The highest BCUT2D eigenvalue weighted by molar-refractivity contribution is 6.64. The fourth-order valence-electron chi connectivity index (χ4n) is 3.12. The van der Waals surface area contributed by atoms with Crippen LogP contribution >= 0.6 is 0 Å². The molecule has 0 aromatic heterocycles. The van der Waals surface area contributed by atoms with Crippen LogP contribution in [0.2, 0.25) is 13.1 Å². The smallest absolute Gasteiger partial charge is 0.331 e. The first kappa shape index (κ1) is 26.1. The van der Waals surface area contributed by atoms with E-state index in [0.717, 1.165) is 13.2 Å². The van der Waals surface area contributed by atoms with Gasteiger partial charge in [0.05, 0.1) is 0 Å². The lowest BCUT2D eigenvalue weighted by Gasteiger charge is -2.24. The molecule has 3 heteroatoms. The third kappa shape index (κ3) is 18.9. The Morgan fingerprint density at radius 1 is 0.615 bits per heavy atom. The summed E-state index contributed by atoms with van der Waals surface area (Å²) in [6.45, 7) is 12.9. The Morgan fingerprint density at radius 3 is 1.46 bits per heavy atom. The average molecular weight is 387 g/mol. The van der Waals surface area contributed by atoms with E-state index in [-0.39, 0.29) is 0 Å². The van der Waals surface area contributed by atoms with Crippen molar-refractivity contribution in [3.8, 4) is 0 Å². The van der Waals surface area contributed by atoms with Gasteiger partial charge in [0.2, 0.25) is 0 Å². The molecule has 0 saturated carbocycles. The summed E-state index contributed by atoms with van der Waals surface area (Å²) in [5.41, 5.74) is 0. The highest BCUT2D eigenvalue weighted by Gasteiger charge is 2.24. The predicted octanol–water partition coefficient (Wildman–Crippen LogP) is 8.25. The maximum Gasteiger partial charge on any atom is 0.331 e. The van der Waals surface area contributed by atoms with Gasteiger partial charge in [-0.25, -0.2) is 0 Å². The third-order valence-electron chi connectivity index (χ3n) is 5.36. The first-order chi connectivity index (χ1) is 12.5. The second kappa shape index (κ2) is 18.5. The Hall–Kier alpha value is 0.137. The molecular formula is C23H50O2Si. The molecule has 0 fully saturated rings. The molecule has 0 bridgehead atoms. The first-order valence-electron chi connectivity index (χ1n) is 11.8. The maximum absolute atomic E-state index is 6.05. The largest absolute Gasteiger partial charge is 0.395 e. The second-order valence-electron chi connectivity index (χ2n) is 8.67. The number of hydrogen-bond acceptors (Lipinski definition) is 2. The number of rotatable bonds is 20. The molecule has 0 N–H and O–H groups in total. The Bertz CT molecular complexity index is 281. The molecule has 0 aliphatic carbocycles. The summed E-state index contributed by atoms with van der Waals surface area (Å²) >= 11 is 0. The van der Waals surface area contributed by atoms with Gasteiger partial charge in [-0.2, -0.15) is 0 Å². The van der Waals surface area contributed by atoms with E-state index < -0.39 is 8.56 Å². The van der Waals surface area contributed by atoms with Gasteiger partial charge in [-0.1, -0.05) is 111 Å². The molecule has 0 radical (unpaired) electrons. The van der Waals surface area contributed by atoms with Crippen molar-refractivity contribution in [2.24, 2.45) is 5.92 Å². The molecule has 0 aromatic carbocycles. The molecule has 0 aliphatic heterocycles. The van der Waals surface area contributed by atoms with Crippen molar-refractivity contribution in [3.05, 3.63) is 0 Å². The van der Waals surface area contributed by atoms with Crippen LogP contribution in [0.4, 0.5) is 0 Å². The zero-order valence-electron chi connectivity index (χ0n) is 18.9. The van der Waals surface area contributed by atoms with Crippen molar-refractivity contribution in [1.82, 2.24) is 0 Å². The second-order valence-corrected chi connectivity index (χ2v) is 12.0. The quantitative estimate of drug-likeness (QED) is 0.155. The van der Waals surface area contributed by atoms with Crippen LogP contribution < -0.4 is 0 Å². The van der Waals surface area contributed by atoms with Crippen LogP contribution in [0.15, 0.2) is 0 Å². The van der Waals surface area contributed by atoms with Crippen molar-refractivity contribution in [1.29, 1.82) is 0 Å². The molecule has 0 heterocycles. The van der Waals surface area contributed by atoms with E-state index >= 15 is 0 Å². The molecule has 0 spiro atoms. The Balaban J connectivity index is 3.26. The van der Waals surface area contributed by atoms with Crippen molar-refractivity contribution < 1.29 is 8.85 Å². The summed E-state index contributed by atoms with van der Waals surface area (Å²) in [6, 6.07) is 0. The van der Waals surface area contributed by atoms with Crippen molar-refractivity contribution >= 4 is 8.56 Å². The summed E-state index contributed by atoms with van der Waals surface area (Å²) < 4.78 is 12.1. The van der Waals surface area contributed by atoms with Crippen LogP contribution in [0.5, 0.6) is 0 Å². The maximum atomic E-state index is 6.05. The van der Waals surface area contributed by atoms with Gasteiger partial charge in [0.1, 0.15) is 0 Å². The van der Waals surface area contributed by atoms with E-state index in [9.17, 15) is 0 Å². The van der Waals surface area contributed by atoms with E-state index in [1.54, 1.807) is 0 Å². The summed E-state index contributed by atoms with van der Waals surface area (Å²) in [7, 11) is -1.89. The van der Waals surface area contributed by atoms with Crippen LogP contribution in [-0.4, -0.2) is 21.8 Å². The molecule has 26 heavy (non-hydrogen) atoms. The summed E-state index contributed by atoms with van der Waals surface area (Å²) in [6.07, 6.45) is 20.8. The van der Waals surface area contributed by atoms with Crippen LogP contribution in [0.3, 0.4) is 0 Å². The van der Waals surface area contributed by atoms with Crippen molar-refractivity contribution in [2.45, 2.75) is 130 Å². The standard InChI is InChI=1S/C23H50O2Si/c1-6-8-9-10-11-12-13-14-15-16-17-18-19-20-21-24-26(4,5)25-22-23(3)7-2/h23H,6-22H2,1-5H3. The summed E-state index contributed by atoms with van der Waals surface area (Å²) in [4.78, 5) is 0. The molecule has 1 atom stereocenters. The Labute approximate surface area is 167 Å².